The third-order valence-electron chi connectivity index (χ3n) is 1.92. The largest absolute Gasteiger partial charge is 0.369 e. The second-order valence-electron chi connectivity index (χ2n) is 3.71. The fraction of sp³-hybridized carbons (Fsp3) is 0.333. The number of rotatable bonds is 4. The average molecular weight is 297 g/mol. The summed E-state index contributed by atoms with van der Waals surface area (Å²) >= 11 is 3.30. The lowest BCUT2D eigenvalue weighted by molar-refractivity contribution is -0.121. The van der Waals surface area contributed by atoms with Crippen molar-refractivity contribution in [3.8, 4) is 6.07 Å². The van der Waals surface area contributed by atoms with Crippen molar-refractivity contribution in [1.82, 2.24) is 0 Å². The molecule has 1 aromatic rings. The maximum absolute atomic E-state index is 11.5. The summed E-state index contributed by atoms with van der Waals surface area (Å²) in [5.74, 6) is -0.241. The lowest BCUT2D eigenvalue weighted by Gasteiger charge is -2.09. The van der Waals surface area contributed by atoms with E-state index in [9.17, 15) is 4.79 Å². The van der Waals surface area contributed by atoms with Crippen LogP contribution < -0.4 is 5.32 Å². The Labute approximate surface area is 109 Å². The van der Waals surface area contributed by atoms with E-state index in [4.69, 9.17) is 10.00 Å². The van der Waals surface area contributed by atoms with Crippen LogP contribution in [0, 0.1) is 11.3 Å². The molecule has 1 amide bonds. The number of nitriles is 1. The summed E-state index contributed by atoms with van der Waals surface area (Å²) in [6.45, 7) is 3.72. The number of benzene rings is 1. The van der Waals surface area contributed by atoms with Gasteiger partial charge in [-0.3, -0.25) is 4.79 Å². The molecule has 0 saturated heterocycles. The molecule has 0 atom stereocenters. The maximum atomic E-state index is 11.5. The zero-order valence-electron chi connectivity index (χ0n) is 9.66. The van der Waals surface area contributed by atoms with Gasteiger partial charge < -0.3 is 10.1 Å². The normalized spacial score (nSPS) is 10.1. The van der Waals surface area contributed by atoms with Gasteiger partial charge >= 0.3 is 0 Å². The molecule has 0 fully saturated rings. The predicted molar refractivity (Wildman–Crippen MR) is 68.6 cm³/mol. The summed E-state index contributed by atoms with van der Waals surface area (Å²) in [5, 5.41) is 11.4. The van der Waals surface area contributed by atoms with E-state index in [0.29, 0.717) is 11.3 Å². The fourth-order valence-corrected chi connectivity index (χ4v) is 1.47. The minimum Gasteiger partial charge on any atom is -0.369 e. The molecule has 90 valence electrons. The second-order valence-corrected chi connectivity index (χ2v) is 4.57. The van der Waals surface area contributed by atoms with Crippen molar-refractivity contribution in [3.63, 3.8) is 0 Å². The molecule has 17 heavy (non-hydrogen) atoms. The van der Waals surface area contributed by atoms with E-state index in [1.165, 1.54) is 0 Å². The number of carbonyl (C=O) groups is 1. The molecule has 0 aliphatic heterocycles. The molecule has 0 radical (unpaired) electrons. The Bertz CT molecular complexity index is 452. The molecule has 0 spiro atoms. The standard InChI is InChI=1S/C12H13BrN2O2/c1-8(2)17-7-12(16)15-11-5-9(6-14)3-4-10(11)13/h3-5,8H,7H2,1-2H3,(H,15,16). The van der Waals surface area contributed by atoms with Gasteiger partial charge in [-0.2, -0.15) is 5.26 Å². The Hall–Kier alpha value is -1.38. The summed E-state index contributed by atoms with van der Waals surface area (Å²) in [4.78, 5) is 11.5. The number of hydrogen-bond donors (Lipinski definition) is 1. The van der Waals surface area contributed by atoms with Gasteiger partial charge in [0.2, 0.25) is 5.91 Å². The first-order valence-electron chi connectivity index (χ1n) is 5.14. The molecular weight excluding hydrogens is 284 g/mol. The average Bonchev–Trinajstić information content (AvgIpc) is 2.29. The zero-order valence-corrected chi connectivity index (χ0v) is 11.2. The van der Waals surface area contributed by atoms with E-state index >= 15 is 0 Å². The topological polar surface area (TPSA) is 62.1 Å². The third-order valence-corrected chi connectivity index (χ3v) is 2.61. The third kappa shape index (κ3) is 4.55. The highest BCUT2D eigenvalue weighted by Crippen LogP contribution is 2.23. The van der Waals surface area contributed by atoms with Crippen molar-refractivity contribution in [2.75, 3.05) is 11.9 Å². The van der Waals surface area contributed by atoms with E-state index in [2.05, 4.69) is 21.2 Å². The number of hydrogen-bond acceptors (Lipinski definition) is 3. The van der Waals surface area contributed by atoms with Gasteiger partial charge in [0.1, 0.15) is 6.61 Å². The van der Waals surface area contributed by atoms with E-state index in [1.807, 2.05) is 19.9 Å². The first-order valence-corrected chi connectivity index (χ1v) is 5.93. The Kier molecular flexibility index (Phi) is 5.13. The molecule has 0 heterocycles. The van der Waals surface area contributed by atoms with E-state index < -0.39 is 0 Å². The van der Waals surface area contributed by atoms with Crippen LogP contribution in [0.15, 0.2) is 22.7 Å². The van der Waals surface area contributed by atoms with Crippen LogP contribution in [0.4, 0.5) is 5.69 Å². The van der Waals surface area contributed by atoms with Crippen LogP contribution >= 0.6 is 15.9 Å². The van der Waals surface area contributed by atoms with Crippen molar-refractivity contribution in [2.24, 2.45) is 0 Å². The van der Waals surface area contributed by atoms with E-state index in [-0.39, 0.29) is 18.6 Å². The molecule has 0 saturated carbocycles. The van der Waals surface area contributed by atoms with Crippen molar-refractivity contribution < 1.29 is 9.53 Å². The number of carbonyl (C=O) groups excluding carboxylic acids is 1. The number of anilines is 1. The van der Waals surface area contributed by atoms with Gasteiger partial charge in [0.05, 0.1) is 23.4 Å². The highest BCUT2D eigenvalue weighted by molar-refractivity contribution is 9.10. The van der Waals surface area contributed by atoms with Crippen molar-refractivity contribution >= 4 is 27.5 Å². The first kappa shape index (κ1) is 13.7. The monoisotopic (exact) mass is 296 g/mol. The van der Waals surface area contributed by atoms with Gasteiger partial charge in [-0.15, -0.1) is 0 Å². The number of halogens is 1. The molecule has 1 N–H and O–H groups in total. The van der Waals surface area contributed by atoms with Crippen LogP contribution in [0.25, 0.3) is 0 Å². The van der Waals surface area contributed by atoms with Gasteiger partial charge in [0.15, 0.2) is 0 Å². The van der Waals surface area contributed by atoms with Crippen molar-refractivity contribution in [3.05, 3.63) is 28.2 Å². The molecule has 1 rings (SSSR count). The van der Waals surface area contributed by atoms with Crippen LogP contribution in [-0.4, -0.2) is 18.6 Å². The predicted octanol–water partition coefficient (Wildman–Crippen LogP) is 2.68. The Morgan fingerprint density at radius 2 is 2.29 bits per heavy atom. The van der Waals surface area contributed by atoms with Crippen LogP contribution in [0.5, 0.6) is 0 Å². The molecular formula is C12H13BrN2O2. The molecule has 0 aliphatic carbocycles. The minimum atomic E-state index is -0.241. The highest BCUT2D eigenvalue weighted by atomic mass is 79.9. The minimum absolute atomic E-state index is 0.000881. The second kappa shape index (κ2) is 6.38. The quantitative estimate of drug-likeness (QED) is 0.929. The number of nitrogens with zero attached hydrogens (tertiary/aromatic N) is 1. The summed E-state index contributed by atoms with van der Waals surface area (Å²) in [5.41, 5.74) is 1.06. The molecule has 0 unspecified atom stereocenters. The number of amides is 1. The summed E-state index contributed by atoms with van der Waals surface area (Å²) < 4.78 is 5.91. The first-order chi connectivity index (χ1) is 8.02. The molecule has 5 heteroatoms. The Balaban J connectivity index is 2.68. The molecule has 0 aromatic heterocycles. The van der Waals surface area contributed by atoms with Crippen LogP contribution in [-0.2, 0) is 9.53 Å². The fourth-order valence-electron chi connectivity index (χ4n) is 1.12. The summed E-state index contributed by atoms with van der Waals surface area (Å²) in [7, 11) is 0. The number of nitrogens with one attached hydrogen (secondary N) is 1. The highest BCUT2D eigenvalue weighted by Gasteiger charge is 2.07. The number of ether oxygens (including phenoxy) is 1. The lowest BCUT2D eigenvalue weighted by Crippen LogP contribution is -2.20. The summed E-state index contributed by atoms with van der Waals surface area (Å²) in [6, 6.07) is 7.01. The van der Waals surface area contributed by atoms with E-state index in [0.717, 1.165) is 4.47 Å². The van der Waals surface area contributed by atoms with Gasteiger partial charge in [-0.25, -0.2) is 0 Å². The SMILES string of the molecule is CC(C)OCC(=O)Nc1cc(C#N)ccc1Br. The van der Waals surface area contributed by atoms with Gasteiger partial charge in [-0.05, 0) is 48.0 Å². The smallest absolute Gasteiger partial charge is 0.250 e. The van der Waals surface area contributed by atoms with Crippen LogP contribution in [0.3, 0.4) is 0 Å². The molecule has 1 aromatic carbocycles. The van der Waals surface area contributed by atoms with E-state index in [1.54, 1.807) is 18.2 Å². The molecule has 0 bridgehead atoms. The lowest BCUT2D eigenvalue weighted by atomic mass is 10.2. The summed E-state index contributed by atoms with van der Waals surface area (Å²) in [6.07, 6.45) is 0.00892. The van der Waals surface area contributed by atoms with Crippen molar-refractivity contribution in [2.45, 2.75) is 20.0 Å². The van der Waals surface area contributed by atoms with Crippen molar-refractivity contribution in [1.29, 1.82) is 5.26 Å². The van der Waals surface area contributed by atoms with Gasteiger partial charge in [0, 0.05) is 4.47 Å². The van der Waals surface area contributed by atoms with Gasteiger partial charge in [-0.1, -0.05) is 0 Å². The maximum Gasteiger partial charge on any atom is 0.250 e. The van der Waals surface area contributed by atoms with Gasteiger partial charge in [0.25, 0.3) is 0 Å². The molecule has 4 nitrogen and oxygen atoms in total. The Morgan fingerprint density at radius 1 is 1.59 bits per heavy atom. The van der Waals surface area contributed by atoms with Crippen LogP contribution in [0.2, 0.25) is 0 Å². The Morgan fingerprint density at radius 3 is 2.88 bits per heavy atom. The zero-order chi connectivity index (χ0) is 12.8. The van der Waals surface area contributed by atoms with Crippen LogP contribution in [0.1, 0.15) is 19.4 Å². The molecule has 0 aliphatic rings.